The summed E-state index contributed by atoms with van der Waals surface area (Å²) in [6.07, 6.45) is 2.94. The van der Waals surface area contributed by atoms with E-state index in [1.54, 1.807) is 0 Å². The number of hydrogen-bond donors (Lipinski definition) is 0. The number of hydrogen-bond acceptors (Lipinski definition) is 1. The first-order valence-electron chi connectivity index (χ1n) is 4.51. The zero-order valence-electron chi connectivity index (χ0n) is 8.33. The van der Waals surface area contributed by atoms with Crippen LogP contribution >= 0.6 is 0 Å². The second-order valence-corrected chi connectivity index (χ2v) is 3.13. The van der Waals surface area contributed by atoms with Crippen molar-refractivity contribution in [3.8, 4) is 0 Å². The van der Waals surface area contributed by atoms with E-state index in [1.807, 2.05) is 12.3 Å². The van der Waals surface area contributed by atoms with Gasteiger partial charge in [0.05, 0.1) is 0 Å². The van der Waals surface area contributed by atoms with Crippen LogP contribution in [0, 0.1) is 6.92 Å². The molecule has 2 heteroatoms. The summed E-state index contributed by atoms with van der Waals surface area (Å²) < 4.78 is 0. The molecule has 0 fully saturated rings. The maximum atomic E-state index is 4.27. The average molecular weight is 259 g/mol. The van der Waals surface area contributed by atoms with Crippen molar-refractivity contribution in [2.24, 2.45) is 0 Å². The Morgan fingerprint density at radius 3 is 2.50 bits per heavy atom. The Kier molecular flexibility index (Phi) is 4.09. The zero-order chi connectivity index (χ0) is 9.26. The van der Waals surface area contributed by atoms with Crippen molar-refractivity contribution in [2.75, 3.05) is 0 Å². The predicted molar refractivity (Wildman–Crippen MR) is 55.6 cm³/mol. The molecule has 0 saturated carbocycles. The van der Waals surface area contributed by atoms with Crippen molar-refractivity contribution in [3.05, 3.63) is 48.6 Å². The van der Waals surface area contributed by atoms with E-state index in [1.165, 1.54) is 16.3 Å². The molecule has 0 unspecified atom stereocenters. The first kappa shape index (κ1) is 11.7. The number of rotatable bonds is 1. The molecule has 1 aromatic heterocycles. The molecule has 0 N–H and O–H groups in total. The minimum Gasteiger partial charge on any atom is -0.295 e. The van der Waals surface area contributed by atoms with Gasteiger partial charge < -0.3 is 0 Å². The van der Waals surface area contributed by atoms with Gasteiger partial charge in [-0.1, -0.05) is 36.2 Å². The van der Waals surface area contributed by atoms with Gasteiger partial charge >= 0.3 is 0 Å². The van der Waals surface area contributed by atoms with Crippen LogP contribution in [0.3, 0.4) is 0 Å². The van der Waals surface area contributed by atoms with Gasteiger partial charge in [0.15, 0.2) is 0 Å². The second kappa shape index (κ2) is 4.90. The van der Waals surface area contributed by atoms with Gasteiger partial charge in [-0.05, 0) is 12.0 Å². The van der Waals surface area contributed by atoms with Crippen molar-refractivity contribution in [2.45, 2.75) is 13.3 Å². The van der Waals surface area contributed by atoms with Crippen molar-refractivity contribution in [1.82, 2.24) is 4.98 Å². The average Bonchev–Trinajstić information content (AvgIpc) is 2.19. The van der Waals surface area contributed by atoms with E-state index in [9.17, 15) is 0 Å². The molecule has 0 saturated heterocycles. The van der Waals surface area contributed by atoms with Crippen molar-refractivity contribution >= 4 is 10.8 Å². The zero-order valence-corrected chi connectivity index (χ0v) is 11.2. The summed E-state index contributed by atoms with van der Waals surface area (Å²) in [6, 6.07) is 8.29. The predicted octanol–water partition coefficient (Wildman–Crippen LogP) is 2.98. The SMILES string of the molecule is [CH2-]c1ncc(CC)c2ccccc12.[Y]. The standard InChI is InChI=1S/C12H12N.Y/c1-3-10-8-13-9(2)11-6-4-5-7-12(10)11;/h4-8H,2-3H2,1H3;/q-1;. The Morgan fingerprint density at radius 2 is 1.86 bits per heavy atom. The van der Waals surface area contributed by atoms with E-state index in [4.69, 9.17) is 0 Å². The second-order valence-electron chi connectivity index (χ2n) is 3.13. The quantitative estimate of drug-likeness (QED) is 0.717. The Labute approximate surface area is 110 Å². The molecule has 1 radical (unpaired) electrons. The number of nitrogens with zero attached hydrogens (tertiary/aromatic N) is 1. The maximum absolute atomic E-state index is 4.27. The third-order valence-corrected chi connectivity index (χ3v) is 2.34. The first-order valence-corrected chi connectivity index (χ1v) is 4.51. The maximum Gasteiger partial charge on any atom is 0.0260 e. The number of aryl methyl sites for hydroxylation is 1. The van der Waals surface area contributed by atoms with Gasteiger partial charge in [0.2, 0.25) is 0 Å². The Hall–Kier alpha value is -0.396. The first-order chi connectivity index (χ1) is 6.33. The van der Waals surface area contributed by atoms with Crippen LogP contribution in [-0.4, -0.2) is 4.98 Å². The van der Waals surface area contributed by atoms with Crippen LogP contribution in [0.15, 0.2) is 30.5 Å². The molecule has 0 aliphatic heterocycles. The van der Waals surface area contributed by atoms with Crippen molar-refractivity contribution < 1.29 is 32.7 Å². The fourth-order valence-corrected chi connectivity index (χ4v) is 1.59. The monoisotopic (exact) mass is 259 g/mol. The summed E-state index contributed by atoms with van der Waals surface area (Å²) >= 11 is 0. The molecule has 1 heterocycles. The van der Waals surface area contributed by atoms with Crippen molar-refractivity contribution in [1.29, 1.82) is 0 Å². The van der Waals surface area contributed by atoms with Gasteiger partial charge in [-0.25, -0.2) is 6.92 Å². The molecule has 0 bridgehead atoms. The van der Waals surface area contributed by atoms with Crippen LogP contribution in [0.4, 0.5) is 0 Å². The summed E-state index contributed by atoms with van der Waals surface area (Å²) in [5, 5.41) is 2.45. The Bertz CT molecular complexity index is 437. The summed E-state index contributed by atoms with van der Waals surface area (Å²) in [6.45, 7) is 6.06. The molecule has 0 spiro atoms. The third-order valence-electron chi connectivity index (χ3n) is 2.34. The fourth-order valence-electron chi connectivity index (χ4n) is 1.59. The normalized spacial score (nSPS) is 9.79. The number of aromatic nitrogens is 1. The summed E-state index contributed by atoms with van der Waals surface area (Å²) in [5.41, 5.74) is 2.16. The molecular formula is C12H12NY-. The van der Waals surface area contributed by atoms with Gasteiger partial charge in [-0.3, -0.25) is 4.98 Å². The van der Waals surface area contributed by atoms with E-state index >= 15 is 0 Å². The molecule has 1 nitrogen and oxygen atoms in total. The molecule has 2 rings (SSSR count). The molecule has 0 aliphatic carbocycles. The Morgan fingerprint density at radius 1 is 1.21 bits per heavy atom. The van der Waals surface area contributed by atoms with Crippen LogP contribution in [-0.2, 0) is 39.1 Å². The summed E-state index contributed by atoms with van der Waals surface area (Å²) in [5.74, 6) is 0. The van der Waals surface area contributed by atoms with E-state index < -0.39 is 0 Å². The van der Waals surface area contributed by atoms with E-state index in [0.717, 1.165) is 12.1 Å². The number of pyridine rings is 1. The van der Waals surface area contributed by atoms with Gasteiger partial charge in [0.1, 0.15) is 0 Å². The topological polar surface area (TPSA) is 12.9 Å². The van der Waals surface area contributed by atoms with Gasteiger partial charge in [0.25, 0.3) is 0 Å². The third kappa shape index (κ3) is 1.99. The van der Waals surface area contributed by atoms with E-state index in [2.05, 4.69) is 37.0 Å². The van der Waals surface area contributed by atoms with Gasteiger partial charge in [-0.2, -0.15) is 0 Å². The van der Waals surface area contributed by atoms with E-state index in [-0.39, 0.29) is 32.7 Å². The van der Waals surface area contributed by atoms with Crippen LogP contribution in [0.1, 0.15) is 18.2 Å². The Balaban J connectivity index is 0.000000980. The molecule has 0 aliphatic rings. The van der Waals surface area contributed by atoms with Crippen LogP contribution in [0.25, 0.3) is 10.8 Å². The van der Waals surface area contributed by atoms with Gasteiger partial charge in [-0.15, -0.1) is 11.5 Å². The van der Waals surface area contributed by atoms with Crippen LogP contribution in [0.2, 0.25) is 0 Å². The summed E-state index contributed by atoms with van der Waals surface area (Å²) in [7, 11) is 0. The van der Waals surface area contributed by atoms with Crippen molar-refractivity contribution in [3.63, 3.8) is 0 Å². The minimum absolute atomic E-state index is 0. The molecule has 1 aromatic carbocycles. The molecule has 2 aromatic rings. The molecular weight excluding hydrogens is 247 g/mol. The fraction of sp³-hybridized carbons (Fsp3) is 0.167. The molecule has 69 valence electrons. The largest absolute Gasteiger partial charge is 0.295 e. The van der Waals surface area contributed by atoms with Crippen LogP contribution < -0.4 is 0 Å². The number of benzene rings is 1. The number of fused-ring (bicyclic) bond motifs is 1. The van der Waals surface area contributed by atoms with Crippen LogP contribution in [0.5, 0.6) is 0 Å². The smallest absolute Gasteiger partial charge is 0.0260 e. The summed E-state index contributed by atoms with van der Waals surface area (Å²) in [4.78, 5) is 4.27. The van der Waals surface area contributed by atoms with Gasteiger partial charge in [0, 0.05) is 38.9 Å². The molecule has 14 heavy (non-hydrogen) atoms. The molecule has 0 atom stereocenters. The van der Waals surface area contributed by atoms with E-state index in [0.29, 0.717) is 0 Å². The molecule has 0 amide bonds. The minimum atomic E-state index is 0.